The molecule has 1 aliphatic heterocycles. The van der Waals surface area contributed by atoms with Crippen LogP contribution in [0.5, 0.6) is 0 Å². The Hall–Kier alpha value is -2.50. The summed E-state index contributed by atoms with van der Waals surface area (Å²) in [6, 6.07) is 2.59. The standard InChI is InChI=1S/C17H15F6NO4S/c1-3-27-14(25)10-9(8-6-5-7-29-8)11(15(26)28-4-2)13(17(21,22)23)24-12(10)16(18,19)20/h5-7,9,24H,3-4H2,1-2H3. The highest BCUT2D eigenvalue weighted by molar-refractivity contribution is 7.10. The number of esters is 2. The molecule has 1 aromatic heterocycles. The van der Waals surface area contributed by atoms with Crippen LogP contribution in [-0.2, 0) is 19.1 Å². The van der Waals surface area contributed by atoms with E-state index < -0.39 is 52.7 Å². The predicted octanol–water partition coefficient (Wildman–Crippen LogP) is 4.19. The second-order valence-corrected chi connectivity index (χ2v) is 6.57. The lowest BCUT2D eigenvalue weighted by atomic mass is 9.83. The summed E-state index contributed by atoms with van der Waals surface area (Å²) in [6.45, 7) is 2.00. The Balaban J connectivity index is 2.88. The van der Waals surface area contributed by atoms with E-state index >= 15 is 0 Å². The molecule has 0 amide bonds. The quantitative estimate of drug-likeness (QED) is 0.546. The van der Waals surface area contributed by atoms with Gasteiger partial charge in [-0.2, -0.15) is 26.3 Å². The van der Waals surface area contributed by atoms with Crippen LogP contribution in [0.2, 0.25) is 0 Å². The van der Waals surface area contributed by atoms with Crippen LogP contribution in [0.4, 0.5) is 26.3 Å². The van der Waals surface area contributed by atoms with Gasteiger partial charge in [-0.1, -0.05) is 6.07 Å². The zero-order valence-corrected chi connectivity index (χ0v) is 15.8. The van der Waals surface area contributed by atoms with E-state index in [1.165, 1.54) is 36.7 Å². The summed E-state index contributed by atoms with van der Waals surface area (Å²) in [5.74, 6) is -4.95. The lowest BCUT2D eigenvalue weighted by molar-refractivity contribution is -0.143. The number of nitrogens with one attached hydrogen (secondary N) is 1. The van der Waals surface area contributed by atoms with Gasteiger partial charge in [0.15, 0.2) is 0 Å². The molecule has 0 bridgehead atoms. The van der Waals surface area contributed by atoms with Crippen molar-refractivity contribution in [3.05, 3.63) is 44.9 Å². The molecule has 0 saturated heterocycles. The average molecular weight is 443 g/mol. The van der Waals surface area contributed by atoms with E-state index in [1.807, 2.05) is 0 Å². The van der Waals surface area contributed by atoms with Gasteiger partial charge in [0.1, 0.15) is 11.4 Å². The second kappa shape index (κ2) is 8.47. The van der Waals surface area contributed by atoms with Crippen LogP contribution in [0, 0.1) is 0 Å². The summed E-state index contributed by atoms with van der Waals surface area (Å²) < 4.78 is 91.0. The molecule has 2 heterocycles. The van der Waals surface area contributed by atoms with Gasteiger partial charge in [0, 0.05) is 4.88 Å². The predicted molar refractivity (Wildman–Crippen MR) is 89.6 cm³/mol. The van der Waals surface area contributed by atoms with Crippen LogP contribution in [-0.4, -0.2) is 37.5 Å². The van der Waals surface area contributed by atoms with Crippen LogP contribution in [0.3, 0.4) is 0 Å². The first-order valence-electron chi connectivity index (χ1n) is 8.20. The SMILES string of the molecule is CCOC(=O)C1=C(C(F)(F)F)NC(C(F)(F)F)=C(C(=O)OCC)C1c1cccs1. The van der Waals surface area contributed by atoms with Gasteiger partial charge in [-0.3, -0.25) is 0 Å². The first-order chi connectivity index (χ1) is 13.4. The minimum absolute atomic E-state index is 0.0823. The van der Waals surface area contributed by atoms with Gasteiger partial charge in [-0.15, -0.1) is 11.3 Å². The van der Waals surface area contributed by atoms with Crippen molar-refractivity contribution in [2.24, 2.45) is 0 Å². The Morgan fingerprint density at radius 3 is 1.72 bits per heavy atom. The average Bonchev–Trinajstić information content (AvgIpc) is 3.12. The fourth-order valence-corrected chi connectivity index (χ4v) is 3.58. The van der Waals surface area contributed by atoms with Crippen LogP contribution in [0.15, 0.2) is 40.1 Å². The highest BCUT2D eigenvalue weighted by Crippen LogP contribution is 2.47. The maximum Gasteiger partial charge on any atom is 0.431 e. The third-order valence-corrected chi connectivity index (χ3v) is 4.69. The number of alkyl halides is 6. The summed E-state index contributed by atoms with van der Waals surface area (Å²) in [5.41, 5.74) is -6.15. The molecular formula is C17H15F6NO4S. The largest absolute Gasteiger partial charge is 0.463 e. The number of allylic oxidation sites excluding steroid dienone is 2. The van der Waals surface area contributed by atoms with Crippen molar-refractivity contribution in [3.63, 3.8) is 0 Å². The van der Waals surface area contributed by atoms with E-state index in [1.54, 1.807) is 0 Å². The van der Waals surface area contributed by atoms with E-state index in [4.69, 9.17) is 0 Å². The Bertz CT molecular complexity index is 787. The van der Waals surface area contributed by atoms with Gasteiger partial charge in [-0.25, -0.2) is 9.59 Å². The molecule has 0 fully saturated rings. The molecule has 160 valence electrons. The minimum Gasteiger partial charge on any atom is -0.463 e. The molecule has 0 atom stereocenters. The van der Waals surface area contributed by atoms with Crippen molar-refractivity contribution in [1.82, 2.24) is 5.32 Å². The van der Waals surface area contributed by atoms with E-state index in [0.717, 1.165) is 11.3 Å². The summed E-state index contributed by atoms with van der Waals surface area (Å²) in [4.78, 5) is 24.7. The molecular weight excluding hydrogens is 428 g/mol. The summed E-state index contributed by atoms with van der Waals surface area (Å²) in [5, 5.41) is 2.61. The zero-order valence-electron chi connectivity index (χ0n) is 15.0. The maximum atomic E-state index is 13.6. The molecule has 0 spiro atoms. The normalized spacial score (nSPS) is 16.0. The highest BCUT2D eigenvalue weighted by atomic mass is 32.1. The third kappa shape index (κ3) is 4.74. The van der Waals surface area contributed by atoms with Crippen LogP contribution in [0.25, 0.3) is 0 Å². The molecule has 2 rings (SSSR count). The number of carbonyl (C=O) groups is 2. The molecule has 0 unspecified atom stereocenters. The summed E-state index contributed by atoms with van der Waals surface area (Å²) in [7, 11) is 0. The third-order valence-electron chi connectivity index (χ3n) is 3.75. The van der Waals surface area contributed by atoms with Crippen molar-refractivity contribution < 1.29 is 45.4 Å². The minimum atomic E-state index is -5.35. The van der Waals surface area contributed by atoms with Gasteiger partial charge in [0.05, 0.1) is 30.3 Å². The molecule has 0 aliphatic carbocycles. The monoisotopic (exact) mass is 443 g/mol. The van der Waals surface area contributed by atoms with Crippen molar-refractivity contribution >= 4 is 23.3 Å². The van der Waals surface area contributed by atoms with Crippen molar-refractivity contribution in [2.75, 3.05) is 13.2 Å². The molecule has 0 radical (unpaired) electrons. The molecule has 0 aromatic carbocycles. The molecule has 5 nitrogen and oxygen atoms in total. The lowest BCUT2D eigenvalue weighted by Gasteiger charge is -2.32. The molecule has 0 saturated carbocycles. The smallest absolute Gasteiger partial charge is 0.431 e. The number of dihydropyridines is 1. The zero-order chi connectivity index (χ0) is 22.0. The highest BCUT2D eigenvalue weighted by Gasteiger charge is 2.53. The van der Waals surface area contributed by atoms with Crippen LogP contribution >= 0.6 is 11.3 Å². The fourth-order valence-electron chi connectivity index (χ4n) is 2.74. The number of thiophene rings is 1. The lowest BCUT2D eigenvalue weighted by Crippen LogP contribution is -2.43. The van der Waals surface area contributed by atoms with Gasteiger partial charge < -0.3 is 14.8 Å². The Kier molecular flexibility index (Phi) is 6.66. The van der Waals surface area contributed by atoms with E-state index in [0.29, 0.717) is 0 Å². The van der Waals surface area contributed by atoms with E-state index in [-0.39, 0.29) is 18.1 Å². The first-order valence-corrected chi connectivity index (χ1v) is 9.08. The number of carbonyl (C=O) groups excluding carboxylic acids is 2. The van der Waals surface area contributed by atoms with Gasteiger partial charge >= 0.3 is 24.3 Å². The summed E-state index contributed by atoms with van der Waals surface area (Å²) >= 11 is 0.787. The second-order valence-electron chi connectivity index (χ2n) is 5.59. The van der Waals surface area contributed by atoms with Crippen LogP contribution < -0.4 is 5.32 Å². The number of hydrogen-bond acceptors (Lipinski definition) is 6. The molecule has 29 heavy (non-hydrogen) atoms. The van der Waals surface area contributed by atoms with Crippen molar-refractivity contribution in [2.45, 2.75) is 32.1 Å². The first kappa shape index (κ1) is 22.8. The van der Waals surface area contributed by atoms with Gasteiger partial charge in [-0.05, 0) is 25.3 Å². The maximum absolute atomic E-state index is 13.6. The van der Waals surface area contributed by atoms with E-state index in [2.05, 4.69) is 9.47 Å². The van der Waals surface area contributed by atoms with Crippen molar-refractivity contribution in [1.29, 1.82) is 0 Å². The Morgan fingerprint density at radius 1 is 0.966 bits per heavy atom. The van der Waals surface area contributed by atoms with E-state index in [9.17, 15) is 35.9 Å². The number of hydrogen-bond donors (Lipinski definition) is 1. The molecule has 1 N–H and O–H groups in total. The number of rotatable bonds is 5. The fraction of sp³-hybridized carbons (Fsp3) is 0.412. The molecule has 12 heteroatoms. The number of ether oxygens (including phenoxy) is 2. The van der Waals surface area contributed by atoms with Gasteiger partial charge in [0.2, 0.25) is 0 Å². The topological polar surface area (TPSA) is 64.6 Å². The summed E-state index contributed by atoms with van der Waals surface area (Å²) in [6.07, 6.45) is -10.7. The molecule has 1 aliphatic rings. The number of halogens is 6. The van der Waals surface area contributed by atoms with Crippen LogP contribution in [0.1, 0.15) is 24.6 Å². The Labute approximate surface area is 165 Å². The van der Waals surface area contributed by atoms with Crippen molar-refractivity contribution in [3.8, 4) is 0 Å². The van der Waals surface area contributed by atoms with Gasteiger partial charge in [0.25, 0.3) is 0 Å². The Morgan fingerprint density at radius 2 is 1.41 bits per heavy atom. The molecule has 1 aromatic rings.